The van der Waals surface area contributed by atoms with E-state index in [1.54, 1.807) is 0 Å². The van der Waals surface area contributed by atoms with E-state index in [2.05, 4.69) is 148 Å². The lowest BCUT2D eigenvalue weighted by Crippen LogP contribution is -2.29. The summed E-state index contributed by atoms with van der Waals surface area (Å²) in [6, 6.07) is 0. The summed E-state index contributed by atoms with van der Waals surface area (Å²) in [5.41, 5.74) is 5.40. The molecule has 0 saturated carbocycles. The van der Waals surface area contributed by atoms with Crippen molar-refractivity contribution in [1.82, 2.24) is 0 Å². The summed E-state index contributed by atoms with van der Waals surface area (Å²) in [5.74, 6) is -0.849. The number of carbonyl (C=O) groups is 2. The lowest BCUT2D eigenvalue weighted by molar-refractivity contribution is -0.161. The maximum atomic E-state index is 12.8. The lowest BCUT2D eigenvalue weighted by Gasteiger charge is -2.19. The second-order valence-electron chi connectivity index (χ2n) is 22.7. The van der Waals surface area contributed by atoms with Crippen molar-refractivity contribution < 1.29 is 37.6 Å². The van der Waals surface area contributed by atoms with E-state index in [1.165, 1.54) is 148 Å². The number of phosphoric ester groups is 1. The molecule has 0 rings (SSSR count). The number of ether oxygens (including phenoxy) is 2. The predicted molar refractivity (Wildman–Crippen MR) is 367 cm³/mol. The highest BCUT2D eigenvalue weighted by Gasteiger charge is 2.26. The first-order valence-electron chi connectivity index (χ1n) is 34.7. The number of nitrogens with two attached hydrogens (primary N) is 1. The van der Waals surface area contributed by atoms with Gasteiger partial charge in [-0.05, 0) is 116 Å². The molecule has 0 spiro atoms. The zero-order valence-corrected chi connectivity index (χ0v) is 55.4. The summed E-state index contributed by atoms with van der Waals surface area (Å²) in [5, 5.41) is 0. The van der Waals surface area contributed by atoms with Gasteiger partial charge in [-0.1, -0.05) is 302 Å². The van der Waals surface area contributed by atoms with Gasteiger partial charge >= 0.3 is 19.8 Å². The third-order valence-electron chi connectivity index (χ3n) is 14.5. The van der Waals surface area contributed by atoms with Crippen LogP contribution in [0.5, 0.6) is 0 Å². The molecule has 0 fully saturated rings. The Bertz CT molecular complexity index is 1860. The van der Waals surface area contributed by atoms with Crippen LogP contribution in [0.2, 0.25) is 0 Å². The Morgan fingerprint density at radius 1 is 0.365 bits per heavy atom. The predicted octanol–water partition coefficient (Wildman–Crippen LogP) is 22.9. The molecular formula is C75H128NO8P. The first-order chi connectivity index (χ1) is 41.8. The van der Waals surface area contributed by atoms with Crippen molar-refractivity contribution in [3.63, 3.8) is 0 Å². The van der Waals surface area contributed by atoms with Gasteiger partial charge in [-0.2, -0.15) is 0 Å². The fourth-order valence-corrected chi connectivity index (χ4v) is 10.2. The highest BCUT2D eigenvalue weighted by molar-refractivity contribution is 7.47. The molecule has 10 heteroatoms. The third kappa shape index (κ3) is 69.1. The van der Waals surface area contributed by atoms with Gasteiger partial charge in [0.25, 0.3) is 0 Å². The number of carbonyl (C=O) groups excluding carboxylic acids is 2. The van der Waals surface area contributed by atoms with Gasteiger partial charge in [0.2, 0.25) is 0 Å². The molecule has 0 aliphatic rings. The van der Waals surface area contributed by atoms with Gasteiger partial charge in [0.1, 0.15) is 6.61 Å². The molecule has 0 radical (unpaired) electrons. The minimum atomic E-state index is -4.41. The van der Waals surface area contributed by atoms with E-state index in [0.29, 0.717) is 6.42 Å². The van der Waals surface area contributed by atoms with Gasteiger partial charge in [-0.25, -0.2) is 4.57 Å². The van der Waals surface area contributed by atoms with E-state index in [4.69, 9.17) is 24.3 Å². The highest BCUT2D eigenvalue weighted by atomic mass is 31.2. The first kappa shape index (κ1) is 81.2. The van der Waals surface area contributed by atoms with E-state index < -0.39 is 26.5 Å². The summed E-state index contributed by atoms with van der Waals surface area (Å²) in [4.78, 5) is 35.3. The van der Waals surface area contributed by atoms with E-state index >= 15 is 0 Å². The first-order valence-corrected chi connectivity index (χ1v) is 36.2. The van der Waals surface area contributed by atoms with Crippen LogP contribution in [0, 0.1) is 0 Å². The standard InChI is InChI=1S/C75H128NO8P/c1-3-5-7-9-11-13-15-17-19-21-23-25-27-29-31-33-35-36-38-40-42-44-46-48-50-52-54-56-58-60-62-64-66-68-75(78)84-73(72-83-85(79,80)82-70-69-76)71-81-74(77)67-65-63-61-59-57-55-53-51-49-47-45-43-41-39-37-34-32-30-28-26-24-22-20-18-16-14-12-10-8-6-4-2/h5,7,11,13,16-19,22-25,29,31,35-36,40,42,46,48,52,54,73H,3-4,6,8-10,12,14-15,20-21,26-28,30,32-34,37-39,41,43-45,47,49-51,53,55-72,76H2,1-2H3,(H,79,80)/b7-5-,13-11-,18-16-,19-17-,24-22-,25-23-,31-29-,36-35-,42-40-,48-46-,54-52-. The molecule has 85 heavy (non-hydrogen) atoms. The van der Waals surface area contributed by atoms with E-state index in [0.717, 1.165) is 116 Å². The van der Waals surface area contributed by atoms with Crippen molar-refractivity contribution in [1.29, 1.82) is 0 Å². The Morgan fingerprint density at radius 2 is 0.647 bits per heavy atom. The summed E-state index contributed by atoms with van der Waals surface area (Å²) < 4.78 is 33.1. The summed E-state index contributed by atoms with van der Waals surface area (Å²) in [6.45, 7) is 3.61. The van der Waals surface area contributed by atoms with Crippen molar-refractivity contribution >= 4 is 19.8 Å². The van der Waals surface area contributed by atoms with Gasteiger partial charge < -0.3 is 20.1 Å². The van der Waals surface area contributed by atoms with Crippen molar-refractivity contribution in [3.8, 4) is 0 Å². The quantitative estimate of drug-likeness (QED) is 0.0264. The van der Waals surface area contributed by atoms with Crippen LogP contribution in [0.1, 0.15) is 296 Å². The molecule has 0 aromatic heterocycles. The van der Waals surface area contributed by atoms with E-state index in [9.17, 15) is 19.0 Å². The van der Waals surface area contributed by atoms with Crippen molar-refractivity contribution in [2.45, 2.75) is 302 Å². The summed E-state index contributed by atoms with van der Waals surface area (Å²) in [6.07, 6.45) is 98.2. The lowest BCUT2D eigenvalue weighted by atomic mass is 10.0. The van der Waals surface area contributed by atoms with Gasteiger partial charge in [-0.3, -0.25) is 18.6 Å². The SMILES string of the molecule is CC/C=C\C/C=C\C/C=C\C/C=C\C/C=C\C/C=C\C/C=C\C/C=C\C/C=C\CCCCCCCC(=O)OC(COC(=O)CCCCCCCCCCCCCCCCCCCCC/C=C\C/C=C\CCCCCCC)COP(=O)(O)OCCN. The maximum Gasteiger partial charge on any atom is 0.472 e. The number of hydrogen-bond donors (Lipinski definition) is 2. The fourth-order valence-electron chi connectivity index (χ4n) is 9.43. The van der Waals surface area contributed by atoms with Gasteiger partial charge in [0, 0.05) is 19.4 Å². The Balaban J connectivity index is 3.97. The molecule has 3 N–H and O–H groups in total. The molecule has 0 amide bonds. The largest absolute Gasteiger partial charge is 0.472 e. The van der Waals surface area contributed by atoms with Gasteiger partial charge in [0.15, 0.2) is 6.10 Å². The number of unbranched alkanes of at least 4 members (excludes halogenated alkanes) is 29. The summed E-state index contributed by atoms with van der Waals surface area (Å²) in [7, 11) is -4.41. The Morgan fingerprint density at radius 3 is 0.965 bits per heavy atom. The van der Waals surface area contributed by atoms with E-state index in [-0.39, 0.29) is 38.6 Å². The van der Waals surface area contributed by atoms with Crippen LogP contribution in [0.25, 0.3) is 0 Å². The van der Waals surface area contributed by atoms with Gasteiger partial charge in [0.05, 0.1) is 13.2 Å². The molecule has 0 bridgehead atoms. The Kier molecular flexibility index (Phi) is 66.1. The molecule has 486 valence electrons. The van der Waals surface area contributed by atoms with Crippen LogP contribution in [0.3, 0.4) is 0 Å². The minimum absolute atomic E-state index is 0.0441. The van der Waals surface area contributed by atoms with Gasteiger partial charge in [-0.15, -0.1) is 0 Å². The average Bonchev–Trinajstić information content (AvgIpc) is 3.52. The maximum absolute atomic E-state index is 12.8. The molecule has 0 aromatic carbocycles. The fraction of sp³-hybridized carbons (Fsp3) is 0.680. The molecule has 2 atom stereocenters. The number of allylic oxidation sites excluding steroid dienone is 22. The number of hydrogen-bond acceptors (Lipinski definition) is 8. The van der Waals surface area contributed by atoms with E-state index in [1.807, 2.05) is 0 Å². The smallest absolute Gasteiger partial charge is 0.462 e. The van der Waals surface area contributed by atoms with Crippen LogP contribution in [0.15, 0.2) is 134 Å². The average molecular weight is 1200 g/mol. The number of phosphoric acid groups is 1. The van der Waals surface area contributed by atoms with Crippen LogP contribution in [0.4, 0.5) is 0 Å². The summed E-state index contributed by atoms with van der Waals surface area (Å²) >= 11 is 0. The van der Waals surface area contributed by atoms with Crippen LogP contribution >= 0.6 is 7.82 Å². The molecular weight excluding hydrogens is 1070 g/mol. The number of esters is 2. The molecule has 0 aliphatic carbocycles. The zero-order chi connectivity index (χ0) is 61.6. The molecule has 0 heterocycles. The molecule has 2 unspecified atom stereocenters. The number of rotatable bonds is 64. The van der Waals surface area contributed by atoms with Crippen LogP contribution in [-0.2, 0) is 32.7 Å². The second kappa shape index (κ2) is 69.3. The van der Waals surface area contributed by atoms with Crippen molar-refractivity contribution in [2.24, 2.45) is 5.73 Å². The topological polar surface area (TPSA) is 134 Å². The normalized spacial score (nSPS) is 13.8. The van der Waals surface area contributed by atoms with Crippen LogP contribution in [-0.4, -0.2) is 49.3 Å². The highest BCUT2D eigenvalue weighted by Crippen LogP contribution is 2.43. The third-order valence-corrected chi connectivity index (χ3v) is 15.5. The molecule has 0 aliphatic heterocycles. The minimum Gasteiger partial charge on any atom is -0.462 e. The zero-order valence-electron chi connectivity index (χ0n) is 54.5. The molecule has 9 nitrogen and oxygen atoms in total. The van der Waals surface area contributed by atoms with Crippen molar-refractivity contribution in [2.75, 3.05) is 26.4 Å². The molecule has 0 aromatic rings. The molecule has 0 saturated heterocycles. The Labute approximate surface area is 523 Å². The van der Waals surface area contributed by atoms with Crippen molar-refractivity contribution in [3.05, 3.63) is 134 Å². The monoisotopic (exact) mass is 1200 g/mol. The van der Waals surface area contributed by atoms with Crippen LogP contribution < -0.4 is 5.73 Å². The second-order valence-corrected chi connectivity index (χ2v) is 24.1. The Hall–Kier alpha value is -3.85.